The van der Waals surface area contributed by atoms with Crippen LogP contribution in [0.25, 0.3) is 0 Å². The van der Waals surface area contributed by atoms with Crippen LogP contribution >= 0.6 is 0 Å². The summed E-state index contributed by atoms with van der Waals surface area (Å²) in [5.41, 5.74) is 1.67. The van der Waals surface area contributed by atoms with Gasteiger partial charge in [0, 0.05) is 12.1 Å². The standard InChI is InChI=1S/C16H26N2O2/c1-12(2)20-15-8-7-14(11-13(15)3)16(19)17-9-6-10-18(4)5/h7-8,11-12H,6,9-10H2,1-5H3,(H,17,19). The fraction of sp³-hybridized carbons (Fsp3) is 0.562. The monoisotopic (exact) mass is 278 g/mol. The van der Waals surface area contributed by atoms with Gasteiger partial charge in [-0.25, -0.2) is 0 Å². The summed E-state index contributed by atoms with van der Waals surface area (Å²) in [7, 11) is 4.05. The van der Waals surface area contributed by atoms with Crippen molar-refractivity contribution in [3.63, 3.8) is 0 Å². The van der Waals surface area contributed by atoms with Gasteiger partial charge in [0.15, 0.2) is 0 Å². The zero-order valence-corrected chi connectivity index (χ0v) is 13.2. The molecular weight excluding hydrogens is 252 g/mol. The quantitative estimate of drug-likeness (QED) is 0.779. The van der Waals surface area contributed by atoms with Crippen molar-refractivity contribution in [2.24, 2.45) is 0 Å². The maximum Gasteiger partial charge on any atom is 0.251 e. The highest BCUT2D eigenvalue weighted by Gasteiger charge is 2.08. The number of hydrogen-bond donors (Lipinski definition) is 1. The van der Waals surface area contributed by atoms with E-state index in [1.807, 2.05) is 53.1 Å². The van der Waals surface area contributed by atoms with E-state index in [-0.39, 0.29) is 12.0 Å². The first-order chi connectivity index (χ1) is 9.40. The van der Waals surface area contributed by atoms with E-state index >= 15 is 0 Å². The van der Waals surface area contributed by atoms with Crippen LogP contribution in [0.1, 0.15) is 36.2 Å². The van der Waals surface area contributed by atoms with Gasteiger partial charge in [0.1, 0.15) is 5.75 Å². The number of nitrogens with one attached hydrogen (secondary N) is 1. The van der Waals surface area contributed by atoms with Crippen LogP contribution in [-0.2, 0) is 0 Å². The van der Waals surface area contributed by atoms with Crippen LogP contribution < -0.4 is 10.1 Å². The van der Waals surface area contributed by atoms with Crippen molar-refractivity contribution >= 4 is 5.91 Å². The van der Waals surface area contributed by atoms with E-state index in [2.05, 4.69) is 10.2 Å². The molecule has 0 saturated carbocycles. The van der Waals surface area contributed by atoms with Gasteiger partial charge in [0.2, 0.25) is 0 Å². The lowest BCUT2D eigenvalue weighted by molar-refractivity contribution is 0.0952. The molecule has 0 saturated heterocycles. The van der Waals surface area contributed by atoms with Crippen LogP contribution in [0.5, 0.6) is 5.75 Å². The Morgan fingerprint density at radius 3 is 2.60 bits per heavy atom. The van der Waals surface area contributed by atoms with Gasteiger partial charge in [-0.2, -0.15) is 0 Å². The summed E-state index contributed by atoms with van der Waals surface area (Å²) in [6, 6.07) is 5.55. The Morgan fingerprint density at radius 1 is 1.35 bits per heavy atom. The molecule has 0 heterocycles. The molecule has 0 radical (unpaired) electrons. The summed E-state index contributed by atoms with van der Waals surface area (Å²) in [6.07, 6.45) is 1.09. The van der Waals surface area contributed by atoms with Gasteiger partial charge in [-0.15, -0.1) is 0 Å². The number of ether oxygens (including phenoxy) is 1. The molecule has 0 aromatic heterocycles. The molecule has 0 fully saturated rings. The smallest absolute Gasteiger partial charge is 0.251 e. The topological polar surface area (TPSA) is 41.6 Å². The molecule has 112 valence electrons. The van der Waals surface area contributed by atoms with E-state index < -0.39 is 0 Å². The van der Waals surface area contributed by atoms with Gasteiger partial charge in [0.05, 0.1) is 6.10 Å². The van der Waals surface area contributed by atoms with Crippen molar-refractivity contribution in [3.8, 4) is 5.75 Å². The molecule has 4 heteroatoms. The van der Waals surface area contributed by atoms with E-state index in [1.165, 1.54) is 0 Å². The number of rotatable bonds is 7. The number of aryl methyl sites for hydroxylation is 1. The van der Waals surface area contributed by atoms with Crippen LogP contribution in [0.15, 0.2) is 18.2 Å². The molecule has 0 aliphatic rings. The van der Waals surface area contributed by atoms with E-state index in [0.29, 0.717) is 12.1 Å². The van der Waals surface area contributed by atoms with Gasteiger partial charge in [-0.05, 0) is 71.6 Å². The highest BCUT2D eigenvalue weighted by molar-refractivity contribution is 5.94. The minimum atomic E-state index is -0.0250. The third-order valence-electron chi connectivity index (χ3n) is 2.87. The average Bonchev–Trinajstić information content (AvgIpc) is 2.36. The largest absolute Gasteiger partial charge is 0.491 e. The Labute approximate surface area is 122 Å². The number of nitrogens with zero attached hydrogens (tertiary/aromatic N) is 1. The summed E-state index contributed by atoms with van der Waals surface area (Å²) in [6.45, 7) is 7.61. The predicted octanol–water partition coefficient (Wildman–Crippen LogP) is 2.46. The van der Waals surface area contributed by atoms with Crippen LogP contribution in [0.2, 0.25) is 0 Å². The maximum atomic E-state index is 12.0. The summed E-state index contributed by atoms with van der Waals surface area (Å²) in [4.78, 5) is 14.1. The molecule has 0 unspecified atom stereocenters. The normalized spacial score (nSPS) is 10.9. The first-order valence-corrected chi connectivity index (χ1v) is 7.10. The summed E-state index contributed by atoms with van der Waals surface area (Å²) >= 11 is 0. The first-order valence-electron chi connectivity index (χ1n) is 7.10. The number of carbonyl (C=O) groups is 1. The highest BCUT2D eigenvalue weighted by Crippen LogP contribution is 2.20. The lowest BCUT2D eigenvalue weighted by Gasteiger charge is -2.13. The van der Waals surface area contributed by atoms with Crippen molar-refractivity contribution < 1.29 is 9.53 Å². The van der Waals surface area contributed by atoms with Crippen molar-refractivity contribution in [2.75, 3.05) is 27.2 Å². The van der Waals surface area contributed by atoms with Gasteiger partial charge in [-0.3, -0.25) is 4.79 Å². The zero-order valence-electron chi connectivity index (χ0n) is 13.2. The van der Waals surface area contributed by atoms with Crippen molar-refractivity contribution in [1.82, 2.24) is 10.2 Å². The molecule has 0 bridgehead atoms. The van der Waals surface area contributed by atoms with Gasteiger partial charge in [-0.1, -0.05) is 0 Å². The third-order valence-corrected chi connectivity index (χ3v) is 2.87. The molecular formula is C16H26N2O2. The van der Waals surface area contributed by atoms with Crippen LogP contribution in [0.3, 0.4) is 0 Å². The molecule has 1 amide bonds. The number of carbonyl (C=O) groups excluding carboxylic acids is 1. The molecule has 0 spiro atoms. The minimum absolute atomic E-state index is 0.0250. The van der Waals surface area contributed by atoms with E-state index in [0.717, 1.165) is 24.3 Å². The highest BCUT2D eigenvalue weighted by atomic mass is 16.5. The van der Waals surface area contributed by atoms with Crippen molar-refractivity contribution in [2.45, 2.75) is 33.3 Å². The molecule has 1 N–H and O–H groups in total. The lowest BCUT2D eigenvalue weighted by Crippen LogP contribution is -2.27. The Morgan fingerprint density at radius 2 is 2.05 bits per heavy atom. The van der Waals surface area contributed by atoms with Crippen LogP contribution in [0.4, 0.5) is 0 Å². The fourth-order valence-electron chi connectivity index (χ4n) is 1.88. The Balaban J connectivity index is 2.54. The Hall–Kier alpha value is -1.55. The zero-order chi connectivity index (χ0) is 15.1. The van der Waals surface area contributed by atoms with Gasteiger partial charge in [0.25, 0.3) is 5.91 Å². The molecule has 0 atom stereocenters. The second-order valence-corrected chi connectivity index (χ2v) is 5.56. The molecule has 1 rings (SSSR count). The summed E-state index contributed by atoms with van der Waals surface area (Å²) in [5, 5.41) is 2.94. The van der Waals surface area contributed by atoms with Gasteiger partial charge >= 0.3 is 0 Å². The van der Waals surface area contributed by atoms with E-state index in [1.54, 1.807) is 0 Å². The van der Waals surface area contributed by atoms with E-state index in [9.17, 15) is 4.79 Å². The number of hydrogen-bond acceptors (Lipinski definition) is 3. The van der Waals surface area contributed by atoms with Crippen LogP contribution in [-0.4, -0.2) is 44.1 Å². The van der Waals surface area contributed by atoms with Crippen molar-refractivity contribution in [1.29, 1.82) is 0 Å². The molecule has 20 heavy (non-hydrogen) atoms. The summed E-state index contributed by atoms with van der Waals surface area (Å²) < 4.78 is 5.67. The number of amides is 1. The SMILES string of the molecule is Cc1cc(C(=O)NCCCN(C)C)ccc1OC(C)C. The fourth-order valence-corrected chi connectivity index (χ4v) is 1.88. The second kappa shape index (κ2) is 7.90. The second-order valence-electron chi connectivity index (χ2n) is 5.56. The minimum Gasteiger partial charge on any atom is -0.491 e. The summed E-state index contributed by atoms with van der Waals surface area (Å²) in [5.74, 6) is 0.812. The predicted molar refractivity (Wildman–Crippen MR) is 82.4 cm³/mol. The average molecular weight is 278 g/mol. The molecule has 1 aromatic carbocycles. The van der Waals surface area contributed by atoms with Gasteiger partial charge < -0.3 is 15.0 Å². The molecule has 4 nitrogen and oxygen atoms in total. The van der Waals surface area contributed by atoms with Crippen LogP contribution in [0, 0.1) is 6.92 Å². The number of benzene rings is 1. The Kier molecular flexibility index (Phi) is 6.52. The first kappa shape index (κ1) is 16.5. The molecule has 0 aliphatic carbocycles. The maximum absolute atomic E-state index is 12.0. The molecule has 1 aromatic rings. The third kappa shape index (κ3) is 5.61. The van der Waals surface area contributed by atoms with E-state index in [4.69, 9.17) is 4.74 Å². The Bertz CT molecular complexity index is 442. The van der Waals surface area contributed by atoms with Crippen molar-refractivity contribution in [3.05, 3.63) is 29.3 Å². The lowest BCUT2D eigenvalue weighted by atomic mass is 10.1. The molecule has 0 aliphatic heterocycles.